The lowest BCUT2D eigenvalue weighted by atomic mass is 9.87. The number of ether oxygens (including phenoxy) is 1. The minimum atomic E-state index is -0.716. The minimum absolute atomic E-state index is 0.0883. The molecule has 1 N–H and O–H groups in total. The fourth-order valence-corrected chi connectivity index (χ4v) is 4.92. The van der Waals surface area contributed by atoms with E-state index in [0.29, 0.717) is 11.0 Å². The maximum Gasteiger partial charge on any atom is 0.325 e. The number of nitrogens with one attached hydrogen (secondary N) is 1. The molecule has 1 fully saturated rings. The Morgan fingerprint density at radius 1 is 1.42 bits per heavy atom. The maximum absolute atomic E-state index is 11.9. The van der Waals surface area contributed by atoms with E-state index in [1.807, 2.05) is 12.1 Å². The van der Waals surface area contributed by atoms with Gasteiger partial charge in [-0.15, -0.1) is 11.6 Å². The van der Waals surface area contributed by atoms with Crippen molar-refractivity contribution in [1.82, 2.24) is 0 Å². The van der Waals surface area contributed by atoms with E-state index in [0.717, 1.165) is 18.4 Å². The van der Waals surface area contributed by atoms with Crippen LogP contribution in [0.4, 0.5) is 0 Å². The van der Waals surface area contributed by atoms with Crippen molar-refractivity contribution in [3.05, 3.63) is 35.4 Å². The van der Waals surface area contributed by atoms with E-state index in [4.69, 9.17) is 21.7 Å². The molecule has 0 saturated heterocycles. The van der Waals surface area contributed by atoms with Crippen LogP contribution in [0, 0.1) is 11.3 Å². The van der Waals surface area contributed by atoms with Gasteiger partial charge in [0.05, 0.1) is 16.9 Å². The van der Waals surface area contributed by atoms with Crippen molar-refractivity contribution < 1.29 is 9.53 Å². The van der Waals surface area contributed by atoms with E-state index in [-0.39, 0.29) is 5.41 Å². The number of carbonyl (C=O) groups excluding carboxylic acids is 1. The Balaban J connectivity index is 2.16. The largest absolute Gasteiger partial charge is 0.468 e. The third-order valence-electron chi connectivity index (χ3n) is 4.73. The highest BCUT2D eigenvalue weighted by Gasteiger charge is 2.61. The molecular formula is C19H26ClNO2S. The standard InChI is InChI=1S/C19H26ClNO2S/c1-6-13-11-19(13,15(20)17(22)23-5)24-16(21)12-7-9-14(10-8-12)18(2,3)4/h7-10,13,15,21H,6,11H2,1-5H3. The van der Waals surface area contributed by atoms with Crippen molar-refractivity contribution in [3.63, 3.8) is 0 Å². The number of thioether (sulfide) groups is 1. The fraction of sp³-hybridized carbons (Fsp3) is 0.579. The minimum Gasteiger partial charge on any atom is -0.468 e. The van der Waals surface area contributed by atoms with Crippen LogP contribution >= 0.6 is 23.4 Å². The number of hydrogen-bond donors (Lipinski definition) is 1. The van der Waals surface area contributed by atoms with E-state index < -0.39 is 16.1 Å². The first-order valence-corrected chi connectivity index (χ1v) is 9.51. The molecule has 0 spiro atoms. The highest BCUT2D eigenvalue weighted by molar-refractivity contribution is 8.15. The topological polar surface area (TPSA) is 50.2 Å². The second-order valence-electron chi connectivity index (χ2n) is 7.41. The monoisotopic (exact) mass is 367 g/mol. The molecule has 0 aromatic heterocycles. The molecule has 1 aliphatic carbocycles. The number of esters is 1. The van der Waals surface area contributed by atoms with Gasteiger partial charge in [0.25, 0.3) is 0 Å². The van der Waals surface area contributed by atoms with Crippen molar-refractivity contribution in [2.45, 2.75) is 56.1 Å². The summed E-state index contributed by atoms with van der Waals surface area (Å²) in [6.07, 6.45) is 1.79. The Morgan fingerprint density at radius 3 is 2.42 bits per heavy atom. The summed E-state index contributed by atoms with van der Waals surface area (Å²) in [6.45, 7) is 8.60. The van der Waals surface area contributed by atoms with Gasteiger partial charge in [-0.1, -0.05) is 70.1 Å². The lowest BCUT2D eigenvalue weighted by Gasteiger charge is -2.22. The van der Waals surface area contributed by atoms with Gasteiger partial charge in [0.1, 0.15) is 5.38 Å². The Hall–Kier alpha value is -1.00. The highest BCUT2D eigenvalue weighted by Crippen LogP contribution is 2.60. The molecule has 24 heavy (non-hydrogen) atoms. The highest BCUT2D eigenvalue weighted by atomic mass is 35.5. The summed E-state index contributed by atoms with van der Waals surface area (Å²) < 4.78 is 4.40. The van der Waals surface area contributed by atoms with Gasteiger partial charge in [0.2, 0.25) is 0 Å². The van der Waals surface area contributed by atoms with Crippen LogP contribution in [0.2, 0.25) is 0 Å². The zero-order valence-corrected chi connectivity index (χ0v) is 16.6. The first kappa shape index (κ1) is 19.3. The molecule has 1 aromatic rings. The number of rotatable bonds is 5. The summed E-state index contributed by atoms with van der Waals surface area (Å²) in [4.78, 5) is 11.9. The lowest BCUT2D eigenvalue weighted by Crippen LogP contribution is -2.32. The van der Waals surface area contributed by atoms with Gasteiger partial charge in [-0.2, -0.15) is 0 Å². The normalized spacial score (nSPS) is 24.3. The van der Waals surface area contributed by atoms with E-state index >= 15 is 0 Å². The second-order valence-corrected chi connectivity index (χ2v) is 9.22. The quantitative estimate of drug-likeness (QED) is 0.345. The Morgan fingerprint density at radius 2 is 2.00 bits per heavy atom. The first-order valence-electron chi connectivity index (χ1n) is 8.26. The van der Waals surface area contributed by atoms with Crippen LogP contribution in [0.3, 0.4) is 0 Å². The number of halogens is 1. The summed E-state index contributed by atoms with van der Waals surface area (Å²) in [7, 11) is 1.36. The van der Waals surface area contributed by atoms with Crippen LogP contribution in [0.25, 0.3) is 0 Å². The zero-order valence-electron chi connectivity index (χ0n) is 15.0. The first-order chi connectivity index (χ1) is 11.2. The van der Waals surface area contributed by atoms with E-state index in [1.165, 1.54) is 24.4 Å². The maximum atomic E-state index is 11.9. The molecular weight excluding hydrogens is 342 g/mol. The molecule has 0 aliphatic heterocycles. The average Bonchev–Trinajstić information content (AvgIpc) is 3.26. The van der Waals surface area contributed by atoms with Crippen LogP contribution in [0.15, 0.2) is 24.3 Å². The Kier molecular flexibility index (Phi) is 5.71. The van der Waals surface area contributed by atoms with E-state index in [2.05, 4.69) is 39.8 Å². The van der Waals surface area contributed by atoms with Gasteiger partial charge < -0.3 is 4.74 Å². The van der Waals surface area contributed by atoms with Gasteiger partial charge in [0, 0.05) is 5.56 Å². The van der Waals surface area contributed by atoms with E-state index in [1.54, 1.807) is 0 Å². The molecule has 1 saturated carbocycles. The van der Waals surface area contributed by atoms with Crippen LogP contribution in [0.5, 0.6) is 0 Å². The van der Waals surface area contributed by atoms with Gasteiger partial charge >= 0.3 is 5.97 Å². The van der Waals surface area contributed by atoms with Gasteiger partial charge in [-0.3, -0.25) is 10.2 Å². The predicted molar refractivity (Wildman–Crippen MR) is 102 cm³/mol. The molecule has 0 amide bonds. The molecule has 3 unspecified atom stereocenters. The number of hydrogen-bond acceptors (Lipinski definition) is 4. The Labute approximate surface area is 154 Å². The summed E-state index contributed by atoms with van der Waals surface area (Å²) in [5, 5.41) is 8.20. The molecule has 0 radical (unpaired) electrons. The second kappa shape index (κ2) is 7.09. The fourth-order valence-electron chi connectivity index (χ4n) is 2.98. The molecule has 1 aliphatic rings. The third kappa shape index (κ3) is 3.80. The summed E-state index contributed by atoms with van der Waals surface area (Å²) in [5.41, 5.74) is 2.19. The summed E-state index contributed by atoms with van der Waals surface area (Å²) in [5.74, 6) is -0.0608. The van der Waals surface area contributed by atoms with E-state index in [9.17, 15) is 4.79 Å². The molecule has 1 aromatic carbocycles. The van der Waals surface area contributed by atoms with Crippen LogP contribution < -0.4 is 0 Å². The molecule has 0 bridgehead atoms. The van der Waals surface area contributed by atoms with Gasteiger partial charge in [-0.25, -0.2) is 0 Å². The zero-order chi connectivity index (χ0) is 18.1. The van der Waals surface area contributed by atoms with Crippen molar-refractivity contribution in [2.24, 2.45) is 5.92 Å². The van der Waals surface area contributed by atoms with Gasteiger partial charge in [0.15, 0.2) is 0 Å². The molecule has 3 atom stereocenters. The predicted octanol–water partition coefficient (Wildman–Crippen LogP) is 4.99. The molecule has 132 valence electrons. The van der Waals surface area contributed by atoms with Crippen LogP contribution in [-0.4, -0.2) is 28.2 Å². The number of methoxy groups -OCH3 is 1. The van der Waals surface area contributed by atoms with Crippen molar-refractivity contribution in [2.75, 3.05) is 7.11 Å². The SMILES string of the molecule is CCC1CC1(SC(=N)c1ccc(C(C)(C)C)cc1)C(Cl)C(=O)OC. The summed E-state index contributed by atoms with van der Waals surface area (Å²) >= 11 is 7.80. The van der Waals surface area contributed by atoms with Crippen LogP contribution in [0.1, 0.15) is 51.7 Å². The third-order valence-corrected chi connectivity index (χ3v) is 6.98. The molecule has 2 rings (SSSR count). The molecule has 3 nitrogen and oxygen atoms in total. The molecule has 5 heteroatoms. The number of carbonyl (C=O) groups is 1. The Bertz CT molecular complexity index is 623. The molecule has 0 heterocycles. The lowest BCUT2D eigenvalue weighted by molar-refractivity contribution is -0.140. The smallest absolute Gasteiger partial charge is 0.325 e. The van der Waals surface area contributed by atoms with Crippen LogP contribution in [-0.2, 0) is 14.9 Å². The number of alkyl halides is 1. The van der Waals surface area contributed by atoms with Crippen molar-refractivity contribution in [3.8, 4) is 0 Å². The van der Waals surface area contributed by atoms with Crippen molar-refractivity contribution in [1.29, 1.82) is 5.41 Å². The average molecular weight is 368 g/mol. The summed E-state index contributed by atoms with van der Waals surface area (Å²) in [6, 6.07) is 8.10. The van der Waals surface area contributed by atoms with Crippen molar-refractivity contribution >= 4 is 34.4 Å². The number of benzene rings is 1. The van der Waals surface area contributed by atoms with Gasteiger partial charge in [-0.05, 0) is 23.3 Å².